The predicted molar refractivity (Wildman–Crippen MR) is 41.2 cm³/mol. The molecule has 0 fully saturated rings. The molecule has 0 aliphatic heterocycles. The van der Waals surface area contributed by atoms with Gasteiger partial charge >= 0.3 is 74.9 Å². The number of rotatable bonds is 4. The van der Waals surface area contributed by atoms with Gasteiger partial charge in [-0.25, -0.2) is 0 Å². The van der Waals surface area contributed by atoms with Gasteiger partial charge in [0, 0.05) is 6.42 Å². The molecule has 1 unspecified atom stereocenters. The number of carbonyl (C=O) groups excluding carboxylic acids is 1. The summed E-state index contributed by atoms with van der Waals surface area (Å²) in [5.41, 5.74) is 9.81. The molecule has 0 radical (unpaired) electrons. The van der Waals surface area contributed by atoms with Gasteiger partial charge in [0.25, 0.3) is 0 Å². The Morgan fingerprint density at radius 3 is 2.18 bits per heavy atom. The number of primary amides is 1. The van der Waals surface area contributed by atoms with Crippen LogP contribution in [0.2, 0.25) is 0 Å². The number of hydrogen-bond donors (Lipinski definition) is 3. The topological polar surface area (TPSA) is 106 Å². The fourth-order valence-electron chi connectivity index (χ4n) is 0.421. The van der Waals surface area contributed by atoms with Crippen molar-refractivity contribution in [2.45, 2.75) is 18.9 Å². The van der Waals surface area contributed by atoms with Crippen molar-refractivity contribution in [2.75, 3.05) is 0 Å². The molecule has 0 rings (SSSR count). The van der Waals surface area contributed by atoms with Crippen LogP contribution in [0.5, 0.6) is 0 Å². The Morgan fingerprint density at radius 2 is 1.91 bits per heavy atom. The average molecular weight is 280 g/mol. The van der Waals surface area contributed by atoms with Crippen LogP contribution in [0, 0.1) is 0 Å². The summed E-state index contributed by atoms with van der Waals surface area (Å²) < 4.78 is 0. The van der Waals surface area contributed by atoms with Crippen LogP contribution >= 0.6 is 0 Å². The van der Waals surface area contributed by atoms with Gasteiger partial charge in [0.15, 0.2) is 0 Å². The van der Waals surface area contributed by atoms with Crippen molar-refractivity contribution in [3.63, 3.8) is 0 Å². The number of amides is 1. The third-order valence-electron chi connectivity index (χ3n) is 1.02. The standard InChI is InChI=1S/C5H10N2O3.Cs.H/c6-3(5(9)10)1-2-4(7)8;;/h3H,1-2,6H2,(H2,7,8)(H,9,10);;. The molecule has 0 aliphatic rings. The van der Waals surface area contributed by atoms with E-state index in [1.54, 1.807) is 0 Å². The van der Waals surface area contributed by atoms with Crippen LogP contribution in [0.15, 0.2) is 0 Å². The number of carboxylic acids is 1. The van der Waals surface area contributed by atoms with Gasteiger partial charge in [-0.05, 0) is 6.42 Å². The Labute approximate surface area is 123 Å². The van der Waals surface area contributed by atoms with Crippen molar-refractivity contribution in [3.8, 4) is 0 Å². The second-order valence-corrected chi connectivity index (χ2v) is 1.95. The van der Waals surface area contributed by atoms with E-state index in [2.05, 4.69) is 0 Å². The van der Waals surface area contributed by atoms with Gasteiger partial charge in [-0.2, -0.15) is 0 Å². The molecule has 0 saturated heterocycles. The molecule has 1 amide bonds. The van der Waals surface area contributed by atoms with Gasteiger partial charge in [-0.1, -0.05) is 0 Å². The summed E-state index contributed by atoms with van der Waals surface area (Å²) in [7, 11) is 0. The van der Waals surface area contributed by atoms with Crippen LogP contribution in [0.4, 0.5) is 0 Å². The molecule has 6 heteroatoms. The molecule has 60 valence electrons. The normalized spacial score (nSPS) is 11.4. The molecule has 0 aliphatic carbocycles. The second-order valence-electron chi connectivity index (χ2n) is 1.95. The Bertz CT molecular complexity index is 151. The molecule has 0 aromatic carbocycles. The van der Waals surface area contributed by atoms with Crippen molar-refractivity contribution >= 4 is 80.8 Å². The minimum atomic E-state index is -1.11. The summed E-state index contributed by atoms with van der Waals surface area (Å²) in [5, 5.41) is 8.22. The van der Waals surface area contributed by atoms with E-state index in [0.717, 1.165) is 0 Å². The fourth-order valence-corrected chi connectivity index (χ4v) is 0.421. The zero-order chi connectivity index (χ0) is 8.15. The van der Waals surface area contributed by atoms with Gasteiger partial charge in [0.1, 0.15) is 6.04 Å². The van der Waals surface area contributed by atoms with Crippen molar-refractivity contribution in [1.29, 1.82) is 0 Å². The minimum absolute atomic E-state index is 0. The number of carboxylic acid groups (broad SMARTS) is 1. The van der Waals surface area contributed by atoms with Crippen molar-refractivity contribution in [1.82, 2.24) is 0 Å². The Hall–Kier alpha value is 0.952. The van der Waals surface area contributed by atoms with Crippen LogP contribution in [0.25, 0.3) is 0 Å². The zero-order valence-electron chi connectivity index (χ0n) is 5.41. The Balaban J connectivity index is 0. The van der Waals surface area contributed by atoms with Gasteiger partial charge in [-0.15, -0.1) is 0 Å². The van der Waals surface area contributed by atoms with Gasteiger partial charge in [0.2, 0.25) is 5.91 Å². The van der Waals surface area contributed by atoms with Crippen molar-refractivity contribution < 1.29 is 14.7 Å². The summed E-state index contributed by atoms with van der Waals surface area (Å²) in [4.78, 5) is 20.1. The molecule has 0 saturated carbocycles. The van der Waals surface area contributed by atoms with Gasteiger partial charge < -0.3 is 16.6 Å². The number of nitrogens with two attached hydrogens (primary N) is 2. The molecular weight excluding hydrogens is 269 g/mol. The van der Waals surface area contributed by atoms with E-state index in [1.807, 2.05) is 0 Å². The Kier molecular flexibility index (Phi) is 9.99. The monoisotopic (exact) mass is 280 g/mol. The van der Waals surface area contributed by atoms with Crippen LogP contribution in [0.1, 0.15) is 12.8 Å². The maximum absolute atomic E-state index is 10.1. The third kappa shape index (κ3) is 8.86. The first-order chi connectivity index (χ1) is 4.54. The molecule has 11 heavy (non-hydrogen) atoms. The molecule has 1 atom stereocenters. The molecule has 0 aromatic rings. The summed E-state index contributed by atoms with van der Waals surface area (Å²) in [6.07, 6.45) is 0.123. The van der Waals surface area contributed by atoms with E-state index >= 15 is 0 Å². The first kappa shape index (κ1) is 14.5. The number of hydrogen-bond acceptors (Lipinski definition) is 3. The summed E-state index contributed by atoms with van der Waals surface area (Å²) in [6, 6.07) is -0.979. The van der Waals surface area contributed by atoms with Crippen LogP contribution < -0.4 is 11.5 Å². The molecule has 0 aromatic heterocycles. The Morgan fingerprint density at radius 1 is 1.45 bits per heavy atom. The molecule has 0 bridgehead atoms. The average Bonchev–Trinajstić information content (AvgIpc) is 1.82. The number of carbonyl (C=O) groups is 2. The van der Waals surface area contributed by atoms with Crippen LogP contribution in [-0.2, 0) is 9.59 Å². The van der Waals surface area contributed by atoms with Gasteiger partial charge in [0.05, 0.1) is 0 Å². The van der Waals surface area contributed by atoms with E-state index in [4.69, 9.17) is 16.6 Å². The molecule has 0 spiro atoms. The van der Waals surface area contributed by atoms with Crippen molar-refractivity contribution in [3.05, 3.63) is 0 Å². The summed E-state index contributed by atoms with van der Waals surface area (Å²) in [5.74, 6) is -1.64. The van der Waals surface area contributed by atoms with Crippen LogP contribution in [0.3, 0.4) is 0 Å². The van der Waals surface area contributed by atoms with Gasteiger partial charge in [-0.3, -0.25) is 9.59 Å². The number of aliphatic carboxylic acids is 1. The van der Waals surface area contributed by atoms with E-state index in [1.165, 1.54) is 0 Å². The van der Waals surface area contributed by atoms with E-state index in [-0.39, 0.29) is 81.7 Å². The van der Waals surface area contributed by atoms with E-state index in [0.29, 0.717) is 0 Å². The van der Waals surface area contributed by atoms with Crippen LogP contribution in [-0.4, -0.2) is 91.9 Å². The maximum atomic E-state index is 10.1. The van der Waals surface area contributed by atoms with E-state index < -0.39 is 17.9 Å². The summed E-state index contributed by atoms with van der Waals surface area (Å²) >= 11 is 0. The predicted octanol–water partition coefficient (Wildman–Crippen LogP) is -1.98. The first-order valence-corrected chi connectivity index (χ1v) is 2.80. The molecule has 5 N–H and O–H groups in total. The third-order valence-corrected chi connectivity index (χ3v) is 1.02. The summed E-state index contributed by atoms with van der Waals surface area (Å²) in [6.45, 7) is 0. The second kappa shape index (κ2) is 7.59. The SMILES string of the molecule is NC(=O)CCC(N)C(=O)O.[CsH]. The molecular formula is C5H11CsN2O3. The fraction of sp³-hybridized carbons (Fsp3) is 0.600. The molecule has 5 nitrogen and oxygen atoms in total. The van der Waals surface area contributed by atoms with E-state index in [9.17, 15) is 9.59 Å². The first-order valence-electron chi connectivity index (χ1n) is 2.80. The zero-order valence-corrected chi connectivity index (χ0v) is 5.41. The quantitative estimate of drug-likeness (QED) is 0.554. The molecule has 0 heterocycles. The van der Waals surface area contributed by atoms with Crippen molar-refractivity contribution in [2.24, 2.45) is 11.5 Å².